The highest BCUT2D eigenvalue weighted by molar-refractivity contribution is 5.95. The number of benzene rings is 1. The summed E-state index contributed by atoms with van der Waals surface area (Å²) in [6, 6.07) is 7.69. The predicted molar refractivity (Wildman–Crippen MR) is 263 cm³/mol. The summed E-state index contributed by atoms with van der Waals surface area (Å²) in [6.07, 6.45) is 5.76. The fraction of sp³-hybridized carbons (Fsp3) is 0.615. The molecule has 2 aromatic heterocycles. The van der Waals surface area contributed by atoms with E-state index in [-0.39, 0.29) is 48.3 Å². The molecule has 7 heterocycles. The monoisotopic (exact) mass is 952 g/mol. The molecule has 1 spiro atoms. The number of piperidine rings is 1. The number of hydrogen-bond donors (Lipinski definition) is 2. The SMILES string of the molecule is C=CC(=O)N1CC2(CCN(C(=O)N(C)[C@H](C(=O)N[C@H]3C[C@H]4CN(CCO4)c4ccc5c(c4)c(c(-c4cccnc4[C@H](C)OC)n5CC)CC(C)(C)COC(=O)[C@@H]4CCCN(N4)C3=O)C(C)C)CC2)C1. The third kappa shape index (κ3) is 10.2. The van der Waals surface area contributed by atoms with Crippen molar-refractivity contribution in [2.75, 3.05) is 78.1 Å². The molecule has 0 unspecified atom stereocenters. The number of likely N-dealkylation sites (tertiary alicyclic amines) is 2. The second-order valence-corrected chi connectivity index (χ2v) is 21.1. The van der Waals surface area contributed by atoms with Crippen molar-refractivity contribution in [1.29, 1.82) is 0 Å². The summed E-state index contributed by atoms with van der Waals surface area (Å²) < 4.78 is 20.7. The van der Waals surface area contributed by atoms with Crippen molar-refractivity contribution in [2.45, 2.75) is 117 Å². The predicted octanol–water partition coefficient (Wildman–Crippen LogP) is 5.32. The van der Waals surface area contributed by atoms with Crippen LogP contribution in [-0.2, 0) is 46.4 Å². The number of aryl methyl sites for hydroxylation is 1. The molecule has 17 heteroatoms. The number of esters is 1. The number of carbonyl (C=O) groups excluding carboxylic acids is 5. The maximum atomic E-state index is 14.8. The molecule has 2 N–H and O–H groups in total. The number of nitrogens with one attached hydrogen (secondary N) is 2. The number of fused-ring (bicyclic) bond motifs is 6. The number of rotatable bonds is 9. The molecule has 69 heavy (non-hydrogen) atoms. The van der Waals surface area contributed by atoms with Crippen LogP contribution in [0.25, 0.3) is 22.2 Å². The van der Waals surface area contributed by atoms with Crippen molar-refractivity contribution in [2.24, 2.45) is 16.7 Å². The van der Waals surface area contributed by atoms with Crippen LogP contribution in [0.3, 0.4) is 0 Å². The molecule has 3 aromatic rings. The van der Waals surface area contributed by atoms with E-state index in [4.69, 9.17) is 19.2 Å². The van der Waals surface area contributed by atoms with Crippen LogP contribution in [0.4, 0.5) is 10.5 Å². The van der Waals surface area contributed by atoms with Gasteiger partial charge in [-0.1, -0.05) is 34.3 Å². The molecule has 5 aliphatic rings. The first kappa shape index (κ1) is 49.9. The van der Waals surface area contributed by atoms with Crippen LogP contribution in [0.15, 0.2) is 49.2 Å². The summed E-state index contributed by atoms with van der Waals surface area (Å²) in [5.74, 6) is -1.64. The lowest BCUT2D eigenvalue weighted by atomic mass is 9.72. The smallest absolute Gasteiger partial charge is 0.324 e. The van der Waals surface area contributed by atoms with Crippen LogP contribution in [0, 0.1) is 16.7 Å². The molecular formula is C52H73N9O8. The second kappa shape index (κ2) is 20.4. The summed E-state index contributed by atoms with van der Waals surface area (Å²) in [5.41, 5.74) is 8.79. The summed E-state index contributed by atoms with van der Waals surface area (Å²) in [6.45, 7) is 20.8. The van der Waals surface area contributed by atoms with E-state index >= 15 is 0 Å². The molecule has 5 amide bonds. The number of carbonyl (C=O) groups is 5. The molecule has 6 bridgehead atoms. The van der Waals surface area contributed by atoms with E-state index < -0.39 is 41.5 Å². The third-order valence-corrected chi connectivity index (χ3v) is 15.2. The molecular weight excluding hydrogens is 879 g/mol. The quantitative estimate of drug-likeness (QED) is 0.210. The topological polar surface area (TPSA) is 171 Å². The Balaban J connectivity index is 1.09. The highest BCUT2D eigenvalue weighted by Gasteiger charge is 2.48. The average molecular weight is 952 g/mol. The van der Waals surface area contributed by atoms with Crippen molar-refractivity contribution in [1.82, 2.24) is 40.0 Å². The summed E-state index contributed by atoms with van der Waals surface area (Å²) >= 11 is 0. The number of amides is 5. The van der Waals surface area contributed by atoms with Gasteiger partial charge in [0.2, 0.25) is 11.8 Å². The molecule has 17 nitrogen and oxygen atoms in total. The van der Waals surface area contributed by atoms with Crippen LogP contribution in [0.2, 0.25) is 0 Å². The molecule has 1 aromatic carbocycles. The van der Waals surface area contributed by atoms with Gasteiger partial charge in [0, 0.05) is 112 Å². The number of hydrogen-bond acceptors (Lipinski definition) is 11. The molecule has 374 valence electrons. The van der Waals surface area contributed by atoms with Gasteiger partial charge in [0.15, 0.2) is 0 Å². The maximum Gasteiger partial charge on any atom is 0.324 e. The molecule has 0 saturated carbocycles. The van der Waals surface area contributed by atoms with Gasteiger partial charge in [0.25, 0.3) is 5.91 Å². The number of likely N-dealkylation sites (N-methyl/N-ethyl adjacent to an activating group) is 1. The normalized spacial score (nSPS) is 23.8. The van der Waals surface area contributed by atoms with Gasteiger partial charge in [-0.05, 0) is 93.8 Å². The molecule has 0 aliphatic carbocycles. The number of cyclic esters (lactones) is 1. The maximum absolute atomic E-state index is 14.8. The Bertz CT molecular complexity index is 2420. The number of hydrazine groups is 1. The van der Waals surface area contributed by atoms with Gasteiger partial charge >= 0.3 is 12.0 Å². The van der Waals surface area contributed by atoms with E-state index in [1.54, 1.807) is 30.2 Å². The number of methoxy groups -OCH3 is 1. The van der Waals surface area contributed by atoms with Crippen molar-refractivity contribution < 1.29 is 38.2 Å². The number of nitrogens with zero attached hydrogens (tertiary/aromatic N) is 7. The first-order chi connectivity index (χ1) is 33.0. The van der Waals surface area contributed by atoms with E-state index in [9.17, 15) is 24.0 Å². The van der Waals surface area contributed by atoms with Crippen LogP contribution < -0.4 is 15.6 Å². The lowest BCUT2D eigenvalue weighted by Gasteiger charge is -2.54. The van der Waals surface area contributed by atoms with E-state index in [0.717, 1.165) is 51.9 Å². The van der Waals surface area contributed by atoms with Gasteiger partial charge in [0.05, 0.1) is 36.8 Å². The number of anilines is 1. The summed E-state index contributed by atoms with van der Waals surface area (Å²) in [5, 5.41) is 5.64. The number of morpholine rings is 1. The minimum atomic E-state index is -1.04. The highest BCUT2D eigenvalue weighted by Crippen LogP contribution is 2.43. The molecule has 5 atom stereocenters. The van der Waals surface area contributed by atoms with E-state index in [0.29, 0.717) is 78.2 Å². The van der Waals surface area contributed by atoms with E-state index in [1.165, 1.54) is 16.0 Å². The largest absolute Gasteiger partial charge is 0.464 e. The minimum Gasteiger partial charge on any atom is -0.464 e. The van der Waals surface area contributed by atoms with Crippen molar-refractivity contribution in [3.8, 4) is 11.3 Å². The Labute approximate surface area is 406 Å². The van der Waals surface area contributed by atoms with Gasteiger partial charge in [-0.15, -0.1) is 0 Å². The fourth-order valence-electron chi connectivity index (χ4n) is 11.3. The van der Waals surface area contributed by atoms with Gasteiger partial charge in [-0.25, -0.2) is 10.2 Å². The number of pyridine rings is 1. The zero-order valence-corrected chi connectivity index (χ0v) is 41.9. The molecule has 4 saturated heterocycles. The first-order valence-electron chi connectivity index (χ1n) is 24.9. The Morgan fingerprint density at radius 3 is 2.52 bits per heavy atom. The Morgan fingerprint density at radius 1 is 1.07 bits per heavy atom. The van der Waals surface area contributed by atoms with E-state index in [2.05, 4.69) is 71.8 Å². The number of urea groups is 1. The van der Waals surface area contributed by atoms with Gasteiger partial charge in [-0.3, -0.25) is 29.2 Å². The van der Waals surface area contributed by atoms with Crippen molar-refractivity contribution in [3.63, 3.8) is 0 Å². The lowest BCUT2D eigenvalue weighted by Crippen LogP contribution is -2.64. The fourth-order valence-corrected chi connectivity index (χ4v) is 11.3. The molecule has 4 fully saturated rings. The third-order valence-electron chi connectivity index (χ3n) is 15.2. The summed E-state index contributed by atoms with van der Waals surface area (Å²) in [7, 11) is 3.34. The average Bonchev–Trinajstić information content (AvgIpc) is 3.64. The van der Waals surface area contributed by atoms with E-state index in [1.807, 2.05) is 26.8 Å². The number of aromatic nitrogens is 2. The standard InChI is InChI=1S/C52H73N9O8/c1-10-43(62)59-30-52(31-59)18-22-57(23-19-52)50(66)56(8)45(33(3)4)47(63)54-41-27-36-29-58(24-25-68-36)35-16-17-42-38(26-35)39(46(60(42)11-2)37-14-12-20-53-44(37)34(5)67-9)28-51(6,7)32-69-49(65)40-15-13-21-61(55-40)48(41)64/h10,12,14,16-17,20,26,33-34,36,40-41,45,55H,1,11,13,15,18-19,21-25,27-32H2,2-9H3,(H,54,63)/t34-,36-,40-,41-,45-/m0/s1. The van der Waals surface area contributed by atoms with Gasteiger partial charge in [0.1, 0.15) is 18.1 Å². The van der Waals surface area contributed by atoms with Crippen molar-refractivity contribution >= 4 is 46.3 Å². The Kier molecular flexibility index (Phi) is 14.8. The minimum absolute atomic E-state index is 0.00826. The zero-order valence-electron chi connectivity index (χ0n) is 41.9. The van der Waals surface area contributed by atoms with Crippen LogP contribution in [0.1, 0.15) is 91.0 Å². The van der Waals surface area contributed by atoms with Gasteiger partial charge < -0.3 is 43.7 Å². The molecule has 8 rings (SSSR count). The summed E-state index contributed by atoms with van der Waals surface area (Å²) in [4.78, 5) is 81.9. The zero-order chi connectivity index (χ0) is 49.4. The first-order valence-corrected chi connectivity index (χ1v) is 24.9. The highest BCUT2D eigenvalue weighted by atomic mass is 16.5. The lowest BCUT2D eigenvalue weighted by molar-refractivity contribution is -0.156. The Hall–Kier alpha value is -5.52. The van der Waals surface area contributed by atoms with Crippen LogP contribution in [-0.4, -0.2) is 156 Å². The number of ether oxygens (including phenoxy) is 3. The molecule has 0 radical (unpaired) electrons. The second-order valence-electron chi connectivity index (χ2n) is 21.1. The van der Waals surface area contributed by atoms with Crippen LogP contribution in [0.5, 0.6) is 0 Å². The Morgan fingerprint density at radius 2 is 1.83 bits per heavy atom. The van der Waals surface area contributed by atoms with Gasteiger partial charge in [-0.2, -0.15) is 0 Å². The molecule has 5 aliphatic heterocycles. The van der Waals surface area contributed by atoms with Crippen LogP contribution >= 0.6 is 0 Å². The van der Waals surface area contributed by atoms with Crippen molar-refractivity contribution in [3.05, 3.63) is 60.4 Å².